The molecule has 0 aliphatic rings. The van der Waals surface area contributed by atoms with Gasteiger partial charge >= 0.3 is 6.18 Å². The molecule has 1 aromatic heterocycles. The Labute approximate surface area is 207 Å². The zero-order chi connectivity index (χ0) is 25.1. The van der Waals surface area contributed by atoms with Gasteiger partial charge in [0.05, 0.1) is 21.8 Å². The number of hydrogen-bond donors (Lipinski definition) is 1. The molecule has 0 aliphatic carbocycles. The molecule has 178 valence electrons. The molecule has 8 heteroatoms. The van der Waals surface area contributed by atoms with Crippen LogP contribution in [0.4, 0.5) is 17.6 Å². The Balaban J connectivity index is 1.94. The van der Waals surface area contributed by atoms with Gasteiger partial charge in [-0.1, -0.05) is 71.7 Å². The maximum absolute atomic E-state index is 14.7. The van der Waals surface area contributed by atoms with Gasteiger partial charge in [-0.2, -0.15) is 13.2 Å². The molecule has 0 bridgehead atoms. The summed E-state index contributed by atoms with van der Waals surface area (Å²) >= 11 is 6.08. The quantitative estimate of drug-likeness (QED) is 0.273. The first-order valence-electron chi connectivity index (χ1n) is 11.0. The van der Waals surface area contributed by atoms with Crippen LogP contribution in [0.3, 0.4) is 0 Å². The summed E-state index contributed by atoms with van der Waals surface area (Å²) in [7, 11) is 1.96. The Hall–Kier alpha value is -3.16. The minimum Gasteiger partial charge on any atom is -0.298 e. The van der Waals surface area contributed by atoms with E-state index in [1.165, 1.54) is 6.20 Å². The van der Waals surface area contributed by atoms with Gasteiger partial charge in [0, 0.05) is 19.2 Å². The van der Waals surface area contributed by atoms with Crippen LogP contribution in [0.15, 0.2) is 91.1 Å². The van der Waals surface area contributed by atoms with Gasteiger partial charge in [0.15, 0.2) is 0 Å². The molecule has 1 N–H and O–H groups in total. The maximum atomic E-state index is 14.7. The Morgan fingerprint density at radius 1 is 0.857 bits per heavy atom. The number of pyridine rings is 1. The first-order valence-corrected chi connectivity index (χ1v) is 11.4. The third-order valence-electron chi connectivity index (χ3n) is 6.04. The molecule has 1 unspecified atom stereocenters. The second-order valence-electron chi connectivity index (χ2n) is 8.44. The lowest BCUT2D eigenvalue weighted by Crippen LogP contribution is -2.46. The number of rotatable bonds is 7. The SMILES string of the molecule is Bc1ccccc1CNC(Cc1ccccc1)(c1cc(F)cc(C(F)(F)F)c1)c1ccc(Cl)cn1. The van der Waals surface area contributed by atoms with Crippen LogP contribution < -0.4 is 10.8 Å². The largest absolute Gasteiger partial charge is 0.416 e. The zero-order valence-corrected chi connectivity index (χ0v) is 19.7. The van der Waals surface area contributed by atoms with Crippen molar-refractivity contribution in [2.75, 3.05) is 0 Å². The molecule has 0 saturated carbocycles. The third-order valence-corrected chi connectivity index (χ3v) is 6.26. The number of nitrogens with one attached hydrogen (secondary N) is 1. The highest BCUT2D eigenvalue weighted by Crippen LogP contribution is 2.38. The van der Waals surface area contributed by atoms with E-state index >= 15 is 0 Å². The predicted octanol–water partition coefficient (Wildman–Crippen LogP) is 5.43. The minimum atomic E-state index is -4.71. The molecule has 4 aromatic rings. The molecule has 0 spiro atoms. The van der Waals surface area contributed by atoms with Crippen LogP contribution in [0.25, 0.3) is 0 Å². The molecule has 1 atom stereocenters. The lowest BCUT2D eigenvalue weighted by atomic mass is 9.79. The highest BCUT2D eigenvalue weighted by Gasteiger charge is 2.39. The molecule has 1 heterocycles. The predicted molar refractivity (Wildman–Crippen MR) is 133 cm³/mol. The van der Waals surface area contributed by atoms with E-state index in [0.29, 0.717) is 23.3 Å². The third kappa shape index (κ3) is 5.74. The van der Waals surface area contributed by atoms with Gasteiger partial charge in [0.25, 0.3) is 0 Å². The van der Waals surface area contributed by atoms with Gasteiger partial charge in [-0.15, -0.1) is 0 Å². The van der Waals surface area contributed by atoms with Gasteiger partial charge in [0.2, 0.25) is 0 Å². The fourth-order valence-electron chi connectivity index (χ4n) is 4.18. The second kappa shape index (κ2) is 10.2. The standard InChI is InChI=1S/C27H22BClF4N2/c28-24-9-5-4-8-19(24)16-35-26(15-18-6-2-1-3-7-18,25-11-10-22(29)17-34-25)20-12-21(27(31,32)33)14-23(30)13-20/h1-14,17,35H,15-16,28H2. The maximum Gasteiger partial charge on any atom is 0.416 e. The van der Waals surface area contributed by atoms with E-state index in [-0.39, 0.29) is 12.0 Å². The summed E-state index contributed by atoms with van der Waals surface area (Å²) in [5, 5.41) is 3.84. The van der Waals surface area contributed by atoms with Gasteiger partial charge < -0.3 is 0 Å². The summed E-state index contributed by atoms with van der Waals surface area (Å²) < 4.78 is 55.8. The number of halogens is 5. The molecule has 35 heavy (non-hydrogen) atoms. The van der Waals surface area contributed by atoms with Crippen molar-refractivity contribution in [3.05, 3.63) is 130 Å². The average Bonchev–Trinajstić information content (AvgIpc) is 2.83. The van der Waals surface area contributed by atoms with Gasteiger partial charge in [-0.3, -0.25) is 10.3 Å². The summed E-state index contributed by atoms with van der Waals surface area (Å²) in [6.07, 6.45) is -3.04. The number of hydrogen-bond acceptors (Lipinski definition) is 2. The van der Waals surface area contributed by atoms with Gasteiger partial charge in [0.1, 0.15) is 13.7 Å². The number of aromatic nitrogens is 1. The summed E-state index contributed by atoms with van der Waals surface area (Å²) in [6, 6.07) is 23.0. The normalized spacial score (nSPS) is 13.4. The summed E-state index contributed by atoms with van der Waals surface area (Å²) in [5.74, 6) is -0.973. The first kappa shape index (κ1) is 25.0. The van der Waals surface area contributed by atoms with Crippen molar-refractivity contribution in [1.82, 2.24) is 10.3 Å². The Morgan fingerprint density at radius 2 is 1.54 bits per heavy atom. The number of benzene rings is 3. The van der Waals surface area contributed by atoms with E-state index < -0.39 is 23.1 Å². The van der Waals surface area contributed by atoms with Crippen molar-refractivity contribution < 1.29 is 17.6 Å². The molecule has 0 saturated heterocycles. The summed E-state index contributed by atoms with van der Waals surface area (Å²) in [4.78, 5) is 4.48. The number of alkyl halides is 3. The topological polar surface area (TPSA) is 24.9 Å². The Kier molecular flexibility index (Phi) is 7.29. The monoisotopic (exact) mass is 496 g/mol. The molecule has 3 aromatic carbocycles. The van der Waals surface area contributed by atoms with E-state index in [2.05, 4.69) is 10.3 Å². The van der Waals surface area contributed by atoms with Crippen LogP contribution in [-0.4, -0.2) is 12.8 Å². The molecular weight excluding hydrogens is 475 g/mol. The van der Waals surface area contributed by atoms with Crippen molar-refractivity contribution >= 4 is 24.9 Å². The van der Waals surface area contributed by atoms with Crippen molar-refractivity contribution in [1.29, 1.82) is 0 Å². The molecule has 4 rings (SSSR count). The average molecular weight is 497 g/mol. The molecule has 0 aliphatic heterocycles. The highest BCUT2D eigenvalue weighted by atomic mass is 35.5. The summed E-state index contributed by atoms with van der Waals surface area (Å²) in [6.45, 7) is 0.321. The molecule has 0 fully saturated rings. The van der Waals surface area contributed by atoms with Gasteiger partial charge in [-0.05, 0) is 47.0 Å². The lowest BCUT2D eigenvalue weighted by Gasteiger charge is -2.36. The minimum absolute atomic E-state index is 0.122. The van der Waals surface area contributed by atoms with E-state index in [1.807, 2.05) is 62.4 Å². The lowest BCUT2D eigenvalue weighted by molar-refractivity contribution is -0.137. The fourth-order valence-corrected chi connectivity index (χ4v) is 4.29. The van der Waals surface area contributed by atoms with Crippen LogP contribution in [0.2, 0.25) is 5.02 Å². The Bertz CT molecular complexity index is 1300. The summed E-state index contributed by atoms with van der Waals surface area (Å²) in [5.41, 5.74) is 1.04. The van der Waals surface area contributed by atoms with Crippen molar-refractivity contribution in [3.63, 3.8) is 0 Å². The molecule has 2 nitrogen and oxygen atoms in total. The van der Waals surface area contributed by atoms with Crippen LogP contribution in [0.1, 0.15) is 27.9 Å². The highest BCUT2D eigenvalue weighted by molar-refractivity contribution is 6.33. The van der Waals surface area contributed by atoms with Crippen LogP contribution in [0, 0.1) is 5.82 Å². The molecule has 0 radical (unpaired) electrons. The number of nitrogens with zero attached hydrogens (tertiary/aromatic N) is 1. The smallest absolute Gasteiger partial charge is 0.298 e. The van der Waals surface area contributed by atoms with E-state index in [4.69, 9.17) is 11.6 Å². The molecular formula is C27H22BClF4N2. The van der Waals surface area contributed by atoms with Crippen molar-refractivity contribution in [2.24, 2.45) is 0 Å². The van der Waals surface area contributed by atoms with Crippen molar-refractivity contribution in [2.45, 2.75) is 24.7 Å². The fraction of sp³-hybridized carbons (Fsp3) is 0.148. The first-order chi connectivity index (χ1) is 16.7. The van der Waals surface area contributed by atoms with Crippen LogP contribution in [0.5, 0.6) is 0 Å². The zero-order valence-electron chi connectivity index (χ0n) is 18.9. The van der Waals surface area contributed by atoms with E-state index in [9.17, 15) is 17.6 Å². The van der Waals surface area contributed by atoms with Crippen LogP contribution >= 0.6 is 11.6 Å². The van der Waals surface area contributed by atoms with E-state index in [0.717, 1.165) is 28.7 Å². The van der Waals surface area contributed by atoms with Crippen molar-refractivity contribution in [3.8, 4) is 0 Å². The second-order valence-corrected chi connectivity index (χ2v) is 8.87. The Morgan fingerprint density at radius 3 is 2.20 bits per heavy atom. The van der Waals surface area contributed by atoms with Gasteiger partial charge in [-0.25, -0.2) is 4.39 Å². The molecule has 0 amide bonds. The van der Waals surface area contributed by atoms with Crippen LogP contribution in [-0.2, 0) is 24.7 Å². The van der Waals surface area contributed by atoms with E-state index in [1.54, 1.807) is 12.1 Å².